The summed E-state index contributed by atoms with van der Waals surface area (Å²) in [5.74, 6) is 1.29. The molecule has 0 fully saturated rings. The van der Waals surface area contributed by atoms with E-state index in [9.17, 15) is 4.79 Å². The molecule has 156 valence electrons. The van der Waals surface area contributed by atoms with E-state index in [1.54, 1.807) is 4.90 Å². The molecule has 0 spiro atoms. The molecule has 0 aliphatic carbocycles. The second kappa shape index (κ2) is 10.2. The first-order chi connectivity index (χ1) is 15.3. The molecule has 0 unspecified atom stereocenters. The van der Waals surface area contributed by atoms with Crippen LogP contribution >= 0.6 is 0 Å². The lowest BCUT2D eigenvalue weighted by Gasteiger charge is -2.25. The molecule has 0 bridgehead atoms. The van der Waals surface area contributed by atoms with Gasteiger partial charge in [0.1, 0.15) is 12.4 Å². The first kappa shape index (κ1) is 20.3. The smallest absolute Gasteiger partial charge is 0.410 e. The number of pyridine rings is 1. The number of hydrogen-bond donors (Lipinski definition) is 0. The standard InChI is InChI=1S/C25H23N3O3/c29-25(30-18-20-8-3-1-4-9-20)28-16-14-21(15-17-28)23-12-7-13-24(27-23)26-19-31-22-10-5-2-6-11-22/h1-14,19H,15-18H2/b26-19+. The first-order valence-corrected chi connectivity index (χ1v) is 10.1. The average molecular weight is 413 g/mol. The van der Waals surface area contributed by atoms with E-state index in [1.165, 1.54) is 6.40 Å². The van der Waals surface area contributed by atoms with Crippen LogP contribution in [-0.4, -0.2) is 35.5 Å². The van der Waals surface area contributed by atoms with Crippen molar-refractivity contribution < 1.29 is 14.3 Å². The van der Waals surface area contributed by atoms with Gasteiger partial charge in [-0.1, -0.05) is 60.7 Å². The van der Waals surface area contributed by atoms with Gasteiger partial charge in [-0.25, -0.2) is 14.8 Å². The van der Waals surface area contributed by atoms with Crippen LogP contribution in [0.5, 0.6) is 5.75 Å². The van der Waals surface area contributed by atoms with Gasteiger partial charge in [-0.3, -0.25) is 0 Å². The maximum Gasteiger partial charge on any atom is 0.410 e. The fourth-order valence-electron chi connectivity index (χ4n) is 3.19. The van der Waals surface area contributed by atoms with E-state index in [4.69, 9.17) is 9.47 Å². The van der Waals surface area contributed by atoms with Crippen molar-refractivity contribution in [1.29, 1.82) is 0 Å². The lowest BCUT2D eigenvalue weighted by Crippen LogP contribution is -2.35. The molecule has 1 aliphatic rings. The van der Waals surface area contributed by atoms with Gasteiger partial charge in [0.15, 0.2) is 12.2 Å². The molecule has 31 heavy (non-hydrogen) atoms. The van der Waals surface area contributed by atoms with Crippen LogP contribution in [0.3, 0.4) is 0 Å². The molecule has 3 aromatic rings. The van der Waals surface area contributed by atoms with Gasteiger partial charge in [-0.05, 0) is 41.8 Å². The van der Waals surface area contributed by atoms with E-state index < -0.39 is 0 Å². The van der Waals surface area contributed by atoms with Crippen LogP contribution in [0.4, 0.5) is 10.6 Å². The van der Waals surface area contributed by atoms with E-state index in [0.717, 1.165) is 22.6 Å². The van der Waals surface area contributed by atoms with E-state index >= 15 is 0 Å². The molecule has 1 amide bonds. The SMILES string of the molecule is O=C(OCc1ccccc1)N1CC=C(c2cccc(/N=C/Oc3ccccc3)n2)CC1. The van der Waals surface area contributed by atoms with Crippen molar-refractivity contribution in [2.75, 3.05) is 13.1 Å². The van der Waals surface area contributed by atoms with Crippen molar-refractivity contribution in [2.24, 2.45) is 4.99 Å². The molecule has 0 radical (unpaired) electrons. The van der Waals surface area contributed by atoms with Crippen LogP contribution in [0.25, 0.3) is 5.57 Å². The molecule has 1 aromatic heterocycles. The number of amides is 1. The van der Waals surface area contributed by atoms with Crippen LogP contribution < -0.4 is 4.74 Å². The monoisotopic (exact) mass is 413 g/mol. The van der Waals surface area contributed by atoms with E-state index in [1.807, 2.05) is 84.9 Å². The summed E-state index contributed by atoms with van der Waals surface area (Å²) in [7, 11) is 0. The average Bonchev–Trinajstić information content (AvgIpc) is 2.84. The van der Waals surface area contributed by atoms with E-state index in [0.29, 0.717) is 25.3 Å². The molecule has 6 nitrogen and oxygen atoms in total. The number of benzene rings is 2. The Kier molecular flexibility index (Phi) is 6.70. The third kappa shape index (κ3) is 5.79. The molecule has 2 heterocycles. The lowest BCUT2D eigenvalue weighted by molar-refractivity contribution is 0.0998. The summed E-state index contributed by atoms with van der Waals surface area (Å²) >= 11 is 0. The van der Waals surface area contributed by atoms with Crippen molar-refractivity contribution >= 4 is 23.9 Å². The Balaban J connectivity index is 1.32. The van der Waals surface area contributed by atoms with Crippen LogP contribution in [0.1, 0.15) is 17.7 Å². The van der Waals surface area contributed by atoms with Gasteiger partial charge >= 0.3 is 6.09 Å². The number of carbonyl (C=O) groups is 1. The molecule has 0 atom stereocenters. The molecule has 0 saturated heterocycles. The van der Waals surface area contributed by atoms with Crippen LogP contribution in [0.15, 0.2) is 89.9 Å². The molecular weight excluding hydrogens is 390 g/mol. The van der Waals surface area contributed by atoms with Crippen molar-refractivity contribution in [3.63, 3.8) is 0 Å². The highest BCUT2D eigenvalue weighted by Crippen LogP contribution is 2.23. The Morgan fingerprint density at radius 2 is 1.77 bits per heavy atom. The minimum atomic E-state index is -0.302. The summed E-state index contributed by atoms with van der Waals surface area (Å²) in [5, 5.41) is 0. The zero-order chi connectivity index (χ0) is 21.3. The Morgan fingerprint density at radius 3 is 2.52 bits per heavy atom. The zero-order valence-electron chi connectivity index (χ0n) is 17.1. The predicted molar refractivity (Wildman–Crippen MR) is 120 cm³/mol. The number of aromatic nitrogens is 1. The van der Waals surface area contributed by atoms with Gasteiger partial charge in [0.05, 0.1) is 5.69 Å². The first-order valence-electron chi connectivity index (χ1n) is 10.1. The highest BCUT2D eigenvalue weighted by molar-refractivity contribution is 5.72. The number of ether oxygens (including phenoxy) is 2. The van der Waals surface area contributed by atoms with Gasteiger partial charge in [0.2, 0.25) is 0 Å². The predicted octanol–water partition coefficient (Wildman–Crippen LogP) is 5.25. The van der Waals surface area contributed by atoms with Crippen LogP contribution in [0.2, 0.25) is 0 Å². The normalized spacial score (nSPS) is 13.7. The third-order valence-corrected chi connectivity index (χ3v) is 4.85. The van der Waals surface area contributed by atoms with Gasteiger partial charge in [0, 0.05) is 13.1 Å². The fraction of sp³-hybridized carbons (Fsp3) is 0.160. The maximum atomic E-state index is 12.3. The summed E-state index contributed by atoms with van der Waals surface area (Å²) in [6.07, 6.45) is 3.81. The summed E-state index contributed by atoms with van der Waals surface area (Å²) in [6.45, 7) is 1.36. The zero-order valence-corrected chi connectivity index (χ0v) is 17.1. The van der Waals surface area contributed by atoms with Crippen LogP contribution in [0, 0.1) is 0 Å². The molecule has 1 aliphatic heterocycles. The summed E-state index contributed by atoms with van der Waals surface area (Å²) < 4.78 is 10.9. The third-order valence-electron chi connectivity index (χ3n) is 4.85. The maximum absolute atomic E-state index is 12.3. The molecule has 0 N–H and O–H groups in total. The molecule has 4 rings (SSSR count). The van der Waals surface area contributed by atoms with Gasteiger partial charge in [0.25, 0.3) is 0 Å². The van der Waals surface area contributed by atoms with Crippen molar-refractivity contribution in [3.05, 3.63) is 96.2 Å². The number of para-hydroxylation sites is 1. The van der Waals surface area contributed by atoms with Crippen LogP contribution in [-0.2, 0) is 11.3 Å². The minimum Gasteiger partial charge on any atom is -0.446 e. The van der Waals surface area contributed by atoms with E-state index in [-0.39, 0.29) is 12.7 Å². The van der Waals surface area contributed by atoms with E-state index in [2.05, 4.69) is 9.98 Å². The highest BCUT2D eigenvalue weighted by atomic mass is 16.6. The number of carbonyl (C=O) groups excluding carboxylic acids is 1. The number of nitrogens with zero attached hydrogens (tertiary/aromatic N) is 3. The second-order valence-corrected chi connectivity index (χ2v) is 7.01. The summed E-state index contributed by atoms with van der Waals surface area (Å²) in [5.41, 5.74) is 2.92. The second-order valence-electron chi connectivity index (χ2n) is 7.01. The van der Waals surface area contributed by atoms with Gasteiger partial charge in [-0.2, -0.15) is 0 Å². The number of aliphatic imine (C=N–C) groups is 1. The van der Waals surface area contributed by atoms with Crippen molar-refractivity contribution in [2.45, 2.75) is 13.0 Å². The topological polar surface area (TPSA) is 64.0 Å². The molecule has 6 heteroatoms. The Bertz CT molecular complexity index is 1070. The lowest BCUT2D eigenvalue weighted by atomic mass is 10.0. The fourth-order valence-corrected chi connectivity index (χ4v) is 3.19. The molecule has 0 saturated carbocycles. The molecular formula is C25H23N3O3. The Morgan fingerprint density at radius 1 is 1.00 bits per heavy atom. The Hall–Kier alpha value is -3.93. The van der Waals surface area contributed by atoms with Gasteiger partial charge in [-0.15, -0.1) is 0 Å². The molecule has 2 aromatic carbocycles. The number of rotatable bonds is 6. The summed E-state index contributed by atoms with van der Waals surface area (Å²) in [6, 6.07) is 24.8. The van der Waals surface area contributed by atoms with Gasteiger partial charge < -0.3 is 14.4 Å². The Labute approximate surface area is 181 Å². The van der Waals surface area contributed by atoms with Crippen molar-refractivity contribution in [3.8, 4) is 5.75 Å². The highest BCUT2D eigenvalue weighted by Gasteiger charge is 2.19. The summed E-state index contributed by atoms with van der Waals surface area (Å²) in [4.78, 5) is 22.9. The quantitative estimate of drug-likeness (QED) is 0.409. The number of hydrogen-bond acceptors (Lipinski definition) is 5. The minimum absolute atomic E-state index is 0.277. The largest absolute Gasteiger partial charge is 0.446 e. The van der Waals surface area contributed by atoms with Crippen molar-refractivity contribution in [1.82, 2.24) is 9.88 Å².